The van der Waals surface area contributed by atoms with Crippen molar-refractivity contribution in [3.05, 3.63) is 47.0 Å². The third-order valence-electron chi connectivity index (χ3n) is 5.77. The van der Waals surface area contributed by atoms with Gasteiger partial charge in [0.1, 0.15) is 5.76 Å². The van der Waals surface area contributed by atoms with Crippen LogP contribution in [-0.4, -0.2) is 46.4 Å². The van der Waals surface area contributed by atoms with E-state index in [-0.39, 0.29) is 6.23 Å². The van der Waals surface area contributed by atoms with Gasteiger partial charge < -0.3 is 23.7 Å². The third-order valence-corrected chi connectivity index (χ3v) is 5.77. The van der Waals surface area contributed by atoms with Gasteiger partial charge in [0.15, 0.2) is 29.2 Å². The first-order chi connectivity index (χ1) is 14.7. The summed E-state index contributed by atoms with van der Waals surface area (Å²) in [5.41, 5.74) is 3.10. The first kappa shape index (κ1) is 20.4. The highest BCUT2D eigenvalue weighted by Crippen LogP contribution is 2.44. The van der Waals surface area contributed by atoms with Gasteiger partial charge in [-0.15, -0.1) is 0 Å². The van der Waals surface area contributed by atoms with Gasteiger partial charge in [-0.2, -0.15) is 0 Å². The molecule has 2 heterocycles. The van der Waals surface area contributed by atoms with E-state index in [1.807, 2.05) is 30.3 Å². The van der Waals surface area contributed by atoms with Crippen molar-refractivity contribution in [2.75, 3.05) is 41.5 Å². The number of piperidine rings is 1. The largest absolute Gasteiger partial charge is 0.493 e. The van der Waals surface area contributed by atoms with Crippen LogP contribution in [0.1, 0.15) is 42.2 Å². The highest BCUT2D eigenvalue weighted by molar-refractivity contribution is 5.82. The number of methoxy groups -OCH3 is 4. The number of rotatable bonds is 6. The molecule has 6 heteroatoms. The molecule has 1 atom stereocenters. The molecule has 1 fully saturated rings. The second-order valence-electron chi connectivity index (χ2n) is 7.48. The zero-order chi connectivity index (χ0) is 21.1. The molecule has 2 aliphatic heterocycles. The Labute approximate surface area is 177 Å². The van der Waals surface area contributed by atoms with Gasteiger partial charge in [0.25, 0.3) is 0 Å². The van der Waals surface area contributed by atoms with Crippen molar-refractivity contribution in [1.29, 1.82) is 0 Å². The SMILES string of the molecule is COc1ccc(C2=Cc3cc(OC)c(OC)cc3C(N3CCCCC3)O2)cc1OC. The van der Waals surface area contributed by atoms with Gasteiger partial charge >= 0.3 is 0 Å². The normalized spacial score (nSPS) is 18.7. The molecule has 0 spiro atoms. The molecule has 0 N–H and O–H groups in total. The van der Waals surface area contributed by atoms with Crippen LogP contribution in [0.3, 0.4) is 0 Å². The number of fused-ring (bicyclic) bond motifs is 1. The van der Waals surface area contributed by atoms with Crippen LogP contribution in [0, 0.1) is 0 Å². The summed E-state index contributed by atoms with van der Waals surface area (Å²) in [6, 6.07) is 9.90. The number of likely N-dealkylation sites (tertiary alicyclic amines) is 1. The van der Waals surface area contributed by atoms with Gasteiger partial charge in [-0.3, -0.25) is 4.90 Å². The Bertz CT molecular complexity index is 933. The summed E-state index contributed by atoms with van der Waals surface area (Å²) >= 11 is 0. The van der Waals surface area contributed by atoms with Crippen molar-refractivity contribution in [2.24, 2.45) is 0 Å². The highest BCUT2D eigenvalue weighted by atomic mass is 16.5. The summed E-state index contributed by atoms with van der Waals surface area (Å²) in [5, 5.41) is 0. The fraction of sp³-hybridized carbons (Fsp3) is 0.417. The first-order valence-electron chi connectivity index (χ1n) is 10.3. The second kappa shape index (κ2) is 8.88. The van der Waals surface area contributed by atoms with Crippen LogP contribution in [0.15, 0.2) is 30.3 Å². The van der Waals surface area contributed by atoms with Gasteiger partial charge in [0, 0.05) is 24.2 Å². The molecule has 0 saturated carbocycles. The van der Waals surface area contributed by atoms with Crippen molar-refractivity contribution in [3.8, 4) is 23.0 Å². The monoisotopic (exact) mass is 411 g/mol. The Morgan fingerprint density at radius 3 is 2.07 bits per heavy atom. The summed E-state index contributed by atoms with van der Waals surface area (Å²) in [6.45, 7) is 2.02. The first-order valence-corrected chi connectivity index (χ1v) is 10.3. The van der Waals surface area contributed by atoms with Crippen LogP contribution in [0.5, 0.6) is 23.0 Å². The van der Waals surface area contributed by atoms with Crippen molar-refractivity contribution < 1.29 is 23.7 Å². The third kappa shape index (κ3) is 3.79. The van der Waals surface area contributed by atoms with Crippen molar-refractivity contribution >= 4 is 11.8 Å². The van der Waals surface area contributed by atoms with E-state index in [4.69, 9.17) is 23.7 Å². The second-order valence-corrected chi connectivity index (χ2v) is 7.48. The number of ether oxygens (including phenoxy) is 5. The molecule has 2 aromatic carbocycles. The number of benzene rings is 2. The Morgan fingerprint density at radius 2 is 1.40 bits per heavy atom. The van der Waals surface area contributed by atoms with Crippen LogP contribution in [0.4, 0.5) is 0 Å². The molecule has 160 valence electrons. The molecule has 0 radical (unpaired) electrons. The topological polar surface area (TPSA) is 49.4 Å². The van der Waals surface area contributed by atoms with Gasteiger partial charge in [-0.25, -0.2) is 0 Å². The average Bonchev–Trinajstić information content (AvgIpc) is 2.82. The van der Waals surface area contributed by atoms with Crippen LogP contribution in [0.2, 0.25) is 0 Å². The number of nitrogens with zero attached hydrogens (tertiary/aromatic N) is 1. The van der Waals surface area contributed by atoms with Crippen molar-refractivity contribution in [2.45, 2.75) is 25.5 Å². The zero-order valence-corrected chi connectivity index (χ0v) is 18.1. The standard InChI is InChI=1S/C24H29NO5/c1-26-19-9-8-16(12-21(19)27-2)20-13-17-14-22(28-3)23(29-4)15-18(17)24(30-20)25-10-6-5-7-11-25/h8-9,12-15,24H,5-7,10-11H2,1-4H3. The van der Waals surface area contributed by atoms with E-state index in [2.05, 4.69) is 11.0 Å². The molecule has 2 aliphatic rings. The molecular weight excluding hydrogens is 382 g/mol. The predicted octanol–water partition coefficient (Wildman–Crippen LogP) is 4.73. The van der Waals surface area contributed by atoms with Crippen LogP contribution in [0.25, 0.3) is 11.8 Å². The molecule has 0 bridgehead atoms. The lowest BCUT2D eigenvalue weighted by Crippen LogP contribution is -2.36. The molecule has 0 aromatic heterocycles. The minimum absolute atomic E-state index is 0.173. The lowest BCUT2D eigenvalue weighted by molar-refractivity contribution is -0.0111. The van der Waals surface area contributed by atoms with Crippen molar-refractivity contribution in [3.63, 3.8) is 0 Å². The van der Waals surface area contributed by atoms with E-state index in [1.165, 1.54) is 19.3 Å². The average molecular weight is 411 g/mol. The Balaban J connectivity index is 1.80. The van der Waals surface area contributed by atoms with E-state index in [9.17, 15) is 0 Å². The Morgan fingerprint density at radius 1 is 0.767 bits per heavy atom. The van der Waals surface area contributed by atoms with E-state index in [0.717, 1.165) is 35.5 Å². The molecule has 4 rings (SSSR count). The molecule has 0 amide bonds. The lowest BCUT2D eigenvalue weighted by Gasteiger charge is -2.38. The Hall–Kier alpha value is -2.86. The van der Waals surface area contributed by atoms with E-state index in [1.54, 1.807) is 28.4 Å². The Kier molecular flexibility index (Phi) is 6.04. The van der Waals surface area contributed by atoms with Gasteiger partial charge in [-0.05, 0) is 54.8 Å². The minimum Gasteiger partial charge on any atom is -0.493 e. The van der Waals surface area contributed by atoms with Crippen molar-refractivity contribution in [1.82, 2.24) is 4.90 Å². The maximum absolute atomic E-state index is 6.58. The fourth-order valence-corrected chi connectivity index (χ4v) is 4.17. The maximum atomic E-state index is 6.58. The summed E-state index contributed by atoms with van der Waals surface area (Å²) < 4.78 is 28.6. The van der Waals surface area contributed by atoms with E-state index < -0.39 is 0 Å². The van der Waals surface area contributed by atoms with Gasteiger partial charge in [0.05, 0.1) is 28.4 Å². The number of hydrogen-bond donors (Lipinski definition) is 0. The predicted molar refractivity (Wildman–Crippen MR) is 116 cm³/mol. The minimum atomic E-state index is -0.173. The van der Waals surface area contributed by atoms with Gasteiger partial charge in [-0.1, -0.05) is 6.42 Å². The summed E-state index contributed by atoms with van der Waals surface area (Å²) in [5.74, 6) is 3.58. The molecule has 2 aromatic rings. The molecule has 6 nitrogen and oxygen atoms in total. The smallest absolute Gasteiger partial charge is 0.179 e. The van der Waals surface area contributed by atoms with Gasteiger partial charge in [0.2, 0.25) is 0 Å². The summed E-state index contributed by atoms with van der Waals surface area (Å²) in [7, 11) is 6.59. The number of hydrogen-bond acceptors (Lipinski definition) is 6. The van der Waals surface area contributed by atoms with Crippen LogP contribution >= 0.6 is 0 Å². The molecule has 1 saturated heterocycles. The molecular formula is C24H29NO5. The lowest BCUT2D eigenvalue weighted by atomic mass is 9.97. The quantitative estimate of drug-likeness (QED) is 0.685. The fourth-order valence-electron chi connectivity index (χ4n) is 4.17. The maximum Gasteiger partial charge on any atom is 0.179 e. The van der Waals surface area contributed by atoms with Crippen LogP contribution < -0.4 is 18.9 Å². The van der Waals surface area contributed by atoms with E-state index in [0.29, 0.717) is 23.0 Å². The zero-order valence-electron chi connectivity index (χ0n) is 18.1. The summed E-state index contributed by atoms with van der Waals surface area (Å²) in [6.07, 6.45) is 5.50. The molecule has 1 unspecified atom stereocenters. The van der Waals surface area contributed by atoms with E-state index >= 15 is 0 Å². The van der Waals surface area contributed by atoms with Crippen LogP contribution in [-0.2, 0) is 4.74 Å². The summed E-state index contributed by atoms with van der Waals surface area (Å²) in [4.78, 5) is 2.40. The molecule has 30 heavy (non-hydrogen) atoms. The highest BCUT2D eigenvalue weighted by Gasteiger charge is 2.31. The molecule has 0 aliphatic carbocycles.